The number of likely N-dealkylation sites (tertiary alicyclic amines) is 2. The second-order valence-electron chi connectivity index (χ2n) is 8.22. The van der Waals surface area contributed by atoms with Crippen molar-refractivity contribution < 1.29 is 9.59 Å². The quantitative estimate of drug-likeness (QED) is 0.733. The van der Waals surface area contributed by atoms with Crippen molar-refractivity contribution in [2.24, 2.45) is 11.8 Å². The molecule has 2 aliphatic heterocycles. The predicted molar refractivity (Wildman–Crippen MR) is 118 cm³/mol. The van der Waals surface area contributed by atoms with Crippen molar-refractivity contribution in [1.82, 2.24) is 24.5 Å². The van der Waals surface area contributed by atoms with Gasteiger partial charge in [0.15, 0.2) is 0 Å². The SMILES string of the molecule is CCN(C)C(=O)c1cnn(C(=O)N2CC3CN(C)CC3C2)c1.Cc1ccc(Cl)cc1. The second kappa shape index (κ2) is 9.62. The van der Waals surface area contributed by atoms with Gasteiger partial charge in [-0.05, 0) is 44.9 Å². The zero-order valence-corrected chi connectivity index (χ0v) is 18.8. The number of halogens is 1. The highest BCUT2D eigenvalue weighted by molar-refractivity contribution is 6.30. The monoisotopic (exact) mass is 431 g/mol. The van der Waals surface area contributed by atoms with Gasteiger partial charge in [0.05, 0.1) is 11.8 Å². The number of carbonyl (C=O) groups excluding carboxylic acids is 2. The van der Waals surface area contributed by atoms with Crippen LogP contribution in [0, 0.1) is 18.8 Å². The van der Waals surface area contributed by atoms with Gasteiger partial charge in [-0.15, -0.1) is 0 Å². The lowest BCUT2D eigenvalue weighted by Gasteiger charge is -2.18. The lowest BCUT2D eigenvalue weighted by Crippen LogP contribution is -2.35. The molecule has 2 aromatic rings. The van der Waals surface area contributed by atoms with E-state index >= 15 is 0 Å². The molecular formula is C22H30ClN5O2. The fourth-order valence-corrected chi connectivity index (χ4v) is 4.09. The Morgan fingerprint density at radius 2 is 1.73 bits per heavy atom. The van der Waals surface area contributed by atoms with E-state index in [-0.39, 0.29) is 11.9 Å². The molecule has 2 atom stereocenters. The third kappa shape index (κ3) is 5.21. The van der Waals surface area contributed by atoms with Gasteiger partial charge < -0.3 is 14.7 Å². The summed E-state index contributed by atoms with van der Waals surface area (Å²) in [5, 5.41) is 4.88. The van der Waals surface area contributed by atoms with Gasteiger partial charge in [-0.1, -0.05) is 29.3 Å². The van der Waals surface area contributed by atoms with Crippen molar-refractivity contribution >= 4 is 23.5 Å². The fourth-order valence-electron chi connectivity index (χ4n) is 3.96. The third-order valence-corrected chi connectivity index (χ3v) is 6.05. The van der Waals surface area contributed by atoms with Crippen molar-refractivity contribution in [2.75, 3.05) is 46.8 Å². The Kier molecular flexibility index (Phi) is 7.15. The molecule has 0 N–H and O–H groups in total. The number of carbonyl (C=O) groups is 2. The number of aryl methyl sites for hydroxylation is 1. The average molecular weight is 432 g/mol. The van der Waals surface area contributed by atoms with Gasteiger partial charge in [-0.3, -0.25) is 4.79 Å². The lowest BCUT2D eigenvalue weighted by molar-refractivity contribution is 0.0802. The molecule has 2 unspecified atom stereocenters. The van der Waals surface area contributed by atoms with Crippen LogP contribution in [0.25, 0.3) is 0 Å². The van der Waals surface area contributed by atoms with E-state index < -0.39 is 0 Å². The summed E-state index contributed by atoms with van der Waals surface area (Å²) >= 11 is 5.61. The van der Waals surface area contributed by atoms with E-state index in [1.165, 1.54) is 22.6 Å². The van der Waals surface area contributed by atoms with Crippen LogP contribution in [0.1, 0.15) is 22.8 Å². The first-order valence-electron chi connectivity index (χ1n) is 10.3. The summed E-state index contributed by atoms with van der Waals surface area (Å²) in [6.07, 6.45) is 3.01. The average Bonchev–Trinajstić information content (AvgIpc) is 3.43. The molecule has 7 nitrogen and oxygen atoms in total. The first kappa shape index (κ1) is 22.3. The Labute approximate surface area is 183 Å². The first-order valence-corrected chi connectivity index (χ1v) is 10.7. The standard InChI is InChI=1S/C15H23N5O2.C7H7Cl/c1-4-18(3)14(21)11-5-16-20(10-11)15(22)19-8-12-6-17(2)7-13(12)9-19;1-6-2-4-7(8)5-3-6/h5,10,12-13H,4,6-9H2,1-3H3;2-5H,1H3. The van der Waals surface area contributed by atoms with Gasteiger partial charge in [0.2, 0.25) is 0 Å². The van der Waals surface area contributed by atoms with E-state index in [1.807, 2.05) is 43.0 Å². The molecule has 1 aromatic carbocycles. The minimum atomic E-state index is -0.129. The maximum absolute atomic E-state index is 12.5. The molecule has 30 heavy (non-hydrogen) atoms. The normalized spacial score (nSPS) is 20.5. The van der Waals surface area contributed by atoms with Crippen LogP contribution in [0.15, 0.2) is 36.7 Å². The van der Waals surface area contributed by atoms with Crippen LogP contribution in [0.5, 0.6) is 0 Å². The van der Waals surface area contributed by atoms with Crippen LogP contribution in [-0.2, 0) is 0 Å². The van der Waals surface area contributed by atoms with Crippen LogP contribution < -0.4 is 0 Å². The van der Waals surface area contributed by atoms with E-state index in [9.17, 15) is 9.59 Å². The third-order valence-electron chi connectivity index (χ3n) is 5.80. The Hall–Kier alpha value is -2.38. The van der Waals surface area contributed by atoms with Crippen molar-refractivity contribution in [3.63, 3.8) is 0 Å². The van der Waals surface area contributed by atoms with Crippen molar-refractivity contribution in [2.45, 2.75) is 13.8 Å². The molecule has 0 bridgehead atoms. The topological polar surface area (TPSA) is 61.7 Å². The molecule has 8 heteroatoms. The fraction of sp³-hybridized carbons (Fsp3) is 0.500. The van der Waals surface area contributed by atoms with Crippen LogP contribution in [-0.4, -0.2) is 83.2 Å². The minimum Gasteiger partial charge on any atom is -0.342 e. The highest BCUT2D eigenvalue weighted by Gasteiger charge is 2.40. The molecule has 0 spiro atoms. The maximum atomic E-state index is 12.5. The molecule has 2 aliphatic rings. The molecule has 3 heterocycles. The number of nitrogens with zero attached hydrogens (tertiary/aromatic N) is 5. The van der Waals surface area contributed by atoms with E-state index in [4.69, 9.17) is 11.6 Å². The number of hydrogen-bond donors (Lipinski definition) is 0. The summed E-state index contributed by atoms with van der Waals surface area (Å²) in [6.45, 7) is 8.25. The van der Waals surface area contributed by atoms with Crippen molar-refractivity contribution in [3.8, 4) is 0 Å². The van der Waals surface area contributed by atoms with Crippen molar-refractivity contribution in [3.05, 3.63) is 52.8 Å². The van der Waals surface area contributed by atoms with E-state index in [0.717, 1.165) is 31.2 Å². The van der Waals surface area contributed by atoms with Crippen LogP contribution in [0.2, 0.25) is 5.02 Å². The summed E-state index contributed by atoms with van der Waals surface area (Å²) in [4.78, 5) is 30.4. The summed E-state index contributed by atoms with van der Waals surface area (Å²) < 4.78 is 1.29. The Balaban J connectivity index is 0.000000269. The predicted octanol–water partition coefficient (Wildman–Crippen LogP) is 3.08. The smallest absolute Gasteiger partial charge is 0.342 e. The number of rotatable bonds is 2. The zero-order valence-electron chi connectivity index (χ0n) is 18.1. The van der Waals surface area contributed by atoms with Gasteiger partial charge in [-0.2, -0.15) is 9.78 Å². The van der Waals surface area contributed by atoms with Crippen LogP contribution >= 0.6 is 11.6 Å². The molecule has 0 radical (unpaired) electrons. The Morgan fingerprint density at radius 1 is 1.13 bits per heavy atom. The molecule has 0 aliphatic carbocycles. The maximum Gasteiger partial charge on any atom is 0.344 e. The molecule has 2 fully saturated rings. The van der Waals surface area contributed by atoms with E-state index in [1.54, 1.807) is 11.9 Å². The Bertz CT molecular complexity index is 847. The molecule has 1 aromatic heterocycles. The highest BCUT2D eigenvalue weighted by Crippen LogP contribution is 2.30. The molecule has 4 rings (SSSR count). The first-order chi connectivity index (χ1) is 14.3. The molecule has 2 saturated heterocycles. The van der Waals surface area contributed by atoms with Crippen molar-refractivity contribution in [1.29, 1.82) is 0 Å². The summed E-state index contributed by atoms with van der Waals surface area (Å²) in [6, 6.07) is 7.62. The molecule has 2 amide bonds. The number of fused-ring (bicyclic) bond motifs is 1. The molecule has 162 valence electrons. The van der Waals surface area contributed by atoms with Gasteiger partial charge in [0.1, 0.15) is 0 Å². The number of hydrogen-bond acceptors (Lipinski definition) is 4. The van der Waals surface area contributed by atoms with Gasteiger partial charge in [0.25, 0.3) is 5.91 Å². The van der Waals surface area contributed by atoms with Gasteiger partial charge >= 0.3 is 6.03 Å². The highest BCUT2D eigenvalue weighted by atomic mass is 35.5. The zero-order chi connectivity index (χ0) is 21.8. The molecule has 0 saturated carbocycles. The summed E-state index contributed by atoms with van der Waals surface area (Å²) in [5.41, 5.74) is 1.70. The summed E-state index contributed by atoms with van der Waals surface area (Å²) in [5.74, 6) is 1.02. The minimum absolute atomic E-state index is 0.110. The van der Waals surface area contributed by atoms with Gasteiger partial charge in [-0.25, -0.2) is 4.79 Å². The van der Waals surface area contributed by atoms with Crippen LogP contribution in [0.4, 0.5) is 4.79 Å². The van der Waals surface area contributed by atoms with Gasteiger partial charge in [0, 0.05) is 51.0 Å². The number of benzene rings is 1. The molecular weight excluding hydrogens is 402 g/mol. The van der Waals surface area contributed by atoms with E-state index in [2.05, 4.69) is 17.0 Å². The number of aromatic nitrogens is 2. The second-order valence-corrected chi connectivity index (χ2v) is 8.65. The van der Waals surface area contributed by atoms with Crippen LogP contribution in [0.3, 0.4) is 0 Å². The number of amides is 2. The van der Waals surface area contributed by atoms with E-state index in [0.29, 0.717) is 23.9 Å². The Morgan fingerprint density at radius 3 is 2.27 bits per heavy atom. The summed E-state index contributed by atoms with van der Waals surface area (Å²) in [7, 11) is 3.86. The lowest BCUT2D eigenvalue weighted by atomic mass is 10.0. The largest absolute Gasteiger partial charge is 0.344 e.